The Labute approximate surface area is 195 Å². The van der Waals surface area contributed by atoms with Crippen molar-refractivity contribution in [2.45, 2.75) is 38.0 Å². The van der Waals surface area contributed by atoms with E-state index in [9.17, 15) is 14.0 Å². The summed E-state index contributed by atoms with van der Waals surface area (Å²) < 4.78 is 26.6. The average Bonchev–Trinajstić information content (AvgIpc) is 2.83. The lowest BCUT2D eigenvalue weighted by Gasteiger charge is -2.46. The molecule has 2 aliphatic heterocycles. The smallest absolute Gasteiger partial charge is 0.272 e. The lowest BCUT2D eigenvalue weighted by Crippen LogP contribution is -2.42. The van der Waals surface area contributed by atoms with E-state index in [0.717, 1.165) is 18.4 Å². The Morgan fingerprint density at radius 2 is 1.97 bits per heavy atom. The maximum Gasteiger partial charge on any atom is 0.272 e. The van der Waals surface area contributed by atoms with Crippen LogP contribution in [-0.4, -0.2) is 19.3 Å². The van der Waals surface area contributed by atoms with E-state index in [1.54, 1.807) is 13.0 Å². The molecule has 0 aliphatic carbocycles. The lowest BCUT2D eigenvalue weighted by molar-refractivity contribution is -0.0873. The van der Waals surface area contributed by atoms with Crippen molar-refractivity contribution < 1.29 is 13.9 Å². The zero-order valence-corrected chi connectivity index (χ0v) is 18.8. The van der Waals surface area contributed by atoms with E-state index in [2.05, 4.69) is 10.6 Å². The van der Waals surface area contributed by atoms with Crippen molar-refractivity contribution in [3.8, 4) is 5.75 Å². The van der Waals surface area contributed by atoms with Crippen LogP contribution in [0.2, 0.25) is 5.02 Å². The minimum absolute atomic E-state index is 0.0825. The minimum atomic E-state index is -0.605. The molecule has 0 bridgehead atoms. The van der Waals surface area contributed by atoms with E-state index in [-0.39, 0.29) is 35.6 Å². The van der Waals surface area contributed by atoms with Crippen LogP contribution >= 0.6 is 11.6 Å². The van der Waals surface area contributed by atoms with Gasteiger partial charge in [-0.05, 0) is 37.5 Å². The van der Waals surface area contributed by atoms with Crippen molar-refractivity contribution in [1.82, 2.24) is 0 Å². The molecule has 0 radical (unpaired) electrons. The first kappa shape index (κ1) is 21.9. The molecule has 3 aromatic rings. The second-order valence-electron chi connectivity index (χ2n) is 8.48. The molecule has 4 atom stereocenters. The number of rotatable bonds is 6. The van der Waals surface area contributed by atoms with Crippen LogP contribution in [0.1, 0.15) is 43.0 Å². The number of halogens is 2. The highest BCUT2D eigenvalue weighted by Crippen LogP contribution is 2.51. The summed E-state index contributed by atoms with van der Waals surface area (Å²) in [5.74, 6) is -0.244. The molecule has 2 aliphatic rings. The first-order valence-corrected chi connectivity index (χ1v) is 11.5. The van der Waals surface area contributed by atoms with E-state index in [4.69, 9.17) is 21.1 Å². The second kappa shape index (κ2) is 8.80. The van der Waals surface area contributed by atoms with Gasteiger partial charge in [0, 0.05) is 23.0 Å². The number of benzene rings is 2. The summed E-state index contributed by atoms with van der Waals surface area (Å²) in [6.07, 6.45) is 0.993. The first-order valence-electron chi connectivity index (χ1n) is 11.1. The van der Waals surface area contributed by atoms with E-state index in [1.807, 2.05) is 30.3 Å². The van der Waals surface area contributed by atoms with Gasteiger partial charge in [0.15, 0.2) is 5.75 Å². The Balaban J connectivity index is 1.41. The van der Waals surface area contributed by atoms with Crippen molar-refractivity contribution >= 4 is 23.0 Å². The molecule has 3 aromatic carbocycles. The molecule has 0 unspecified atom stereocenters. The summed E-state index contributed by atoms with van der Waals surface area (Å²) >= 11 is 6.18. The van der Waals surface area contributed by atoms with Crippen molar-refractivity contribution in [3.05, 3.63) is 84.9 Å². The Morgan fingerprint density at radius 3 is 2.73 bits per heavy atom. The quantitative estimate of drug-likeness (QED) is 0.513. The molecule has 33 heavy (non-hydrogen) atoms. The summed E-state index contributed by atoms with van der Waals surface area (Å²) in [6, 6.07) is 12.9. The maximum atomic E-state index is 14.9. The van der Waals surface area contributed by atoms with Crippen LogP contribution in [0, 0.1) is 11.7 Å². The van der Waals surface area contributed by atoms with E-state index in [1.165, 1.54) is 6.07 Å². The molecule has 0 amide bonds. The Hall–Kier alpha value is -2.90. The third-order valence-electron chi connectivity index (χ3n) is 6.49. The minimum Gasteiger partial charge on any atom is -0.488 e. The van der Waals surface area contributed by atoms with Gasteiger partial charge in [0.25, 0.3) is 10.9 Å². The van der Waals surface area contributed by atoms with Gasteiger partial charge in [-0.15, -0.1) is 0 Å². The molecule has 5 rings (SSSR count). The average molecular weight is 471 g/mol. The highest BCUT2D eigenvalue weighted by atomic mass is 35.5. The standard InChI is InChI=1S/C25H24ClFN2O4/c1-2-32-25-21(22(30)23(25)31)28-12-15-8-9-16-19(13-6-4-3-5-7-13)29-20-17(24(16)33-15)10-14(26)11-18(20)27/h3-7,10-11,15-16,19,24,28-29H,2,8-9,12H2,1H3/t15-,16+,19+,24+/m1/s1. The van der Waals surface area contributed by atoms with Gasteiger partial charge >= 0.3 is 0 Å². The van der Waals surface area contributed by atoms with Gasteiger partial charge in [-0.1, -0.05) is 41.9 Å². The predicted molar refractivity (Wildman–Crippen MR) is 126 cm³/mol. The van der Waals surface area contributed by atoms with Gasteiger partial charge in [0.2, 0.25) is 0 Å². The fraction of sp³-hybridized carbons (Fsp3) is 0.360. The number of anilines is 2. The molecule has 0 spiro atoms. The van der Waals surface area contributed by atoms with Crippen molar-refractivity contribution in [1.29, 1.82) is 0 Å². The van der Waals surface area contributed by atoms with Crippen molar-refractivity contribution in [3.63, 3.8) is 0 Å². The monoisotopic (exact) mass is 470 g/mol. The number of hydrogen-bond acceptors (Lipinski definition) is 6. The van der Waals surface area contributed by atoms with Crippen LogP contribution in [0.5, 0.6) is 5.75 Å². The molecule has 6 nitrogen and oxygen atoms in total. The molecular formula is C25H24ClFN2O4. The van der Waals surface area contributed by atoms with Gasteiger partial charge in [-0.3, -0.25) is 9.59 Å². The number of hydrogen-bond donors (Lipinski definition) is 2. The van der Waals surface area contributed by atoms with Gasteiger partial charge in [0.1, 0.15) is 11.5 Å². The summed E-state index contributed by atoms with van der Waals surface area (Å²) in [6.45, 7) is 2.41. The summed E-state index contributed by atoms with van der Waals surface area (Å²) in [5, 5.41) is 6.74. The van der Waals surface area contributed by atoms with Crippen LogP contribution in [0.4, 0.5) is 15.8 Å². The van der Waals surface area contributed by atoms with Crippen LogP contribution in [0.25, 0.3) is 0 Å². The zero-order chi connectivity index (χ0) is 23.1. The number of ether oxygens (including phenoxy) is 2. The molecule has 2 heterocycles. The zero-order valence-electron chi connectivity index (χ0n) is 18.1. The largest absolute Gasteiger partial charge is 0.488 e. The normalized spacial score (nSPS) is 24.0. The summed E-state index contributed by atoms with van der Waals surface area (Å²) in [4.78, 5) is 23.6. The molecule has 1 saturated heterocycles. The number of fused-ring (bicyclic) bond motifs is 3. The Bertz CT molecular complexity index is 1240. The van der Waals surface area contributed by atoms with Crippen molar-refractivity contribution in [2.24, 2.45) is 5.92 Å². The molecule has 8 heteroatoms. The van der Waals surface area contributed by atoms with Gasteiger partial charge in [-0.25, -0.2) is 4.39 Å². The van der Waals surface area contributed by atoms with Gasteiger partial charge in [0.05, 0.1) is 30.5 Å². The molecule has 0 saturated carbocycles. The lowest BCUT2D eigenvalue weighted by atomic mass is 9.76. The molecule has 0 aromatic heterocycles. The second-order valence-corrected chi connectivity index (χ2v) is 8.92. The Kier molecular flexibility index (Phi) is 5.85. The fourth-order valence-electron chi connectivity index (χ4n) is 4.95. The van der Waals surface area contributed by atoms with Crippen LogP contribution in [-0.2, 0) is 4.74 Å². The van der Waals surface area contributed by atoms with E-state index < -0.39 is 16.7 Å². The van der Waals surface area contributed by atoms with E-state index >= 15 is 0 Å². The molecule has 172 valence electrons. The summed E-state index contributed by atoms with van der Waals surface area (Å²) in [7, 11) is 0. The van der Waals surface area contributed by atoms with Gasteiger partial charge in [-0.2, -0.15) is 0 Å². The van der Waals surface area contributed by atoms with Crippen molar-refractivity contribution in [2.75, 3.05) is 23.8 Å². The van der Waals surface area contributed by atoms with Crippen LogP contribution in [0.3, 0.4) is 0 Å². The SMILES string of the molecule is CCOc1c(NC[C@H]2CC[C@@H]3[C@H](O2)c2cc(Cl)cc(F)c2N[C@H]3c2ccccc2)c(=O)c1=O. The predicted octanol–water partition coefficient (Wildman–Crippen LogP) is 4.59. The van der Waals surface area contributed by atoms with Crippen LogP contribution < -0.4 is 26.2 Å². The topological polar surface area (TPSA) is 76.7 Å². The Morgan fingerprint density at radius 1 is 1.18 bits per heavy atom. The third kappa shape index (κ3) is 3.89. The van der Waals surface area contributed by atoms with Crippen LogP contribution in [0.15, 0.2) is 52.1 Å². The summed E-state index contributed by atoms with van der Waals surface area (Å²) in [5.41, 5.74) is 1.20. The fourth-order valence-corrected chi connectivity index (χ4v) is 5.17. The number of nitrogens with one attached hydrogen (secondary N) is 2. The maximum absolute atomic E-state index is 14.9. The highest BCUT2D eigenvalue weighted by molar-refractivity contribution is 6.30. The third-order valence-corrected chi connectivity index (χ3v) is 6.71. The molecule has 1 fully saturated rings. The highest BCUT2D eigenvalue weighted by Gasteiger charge is 2.43. The first-order chi connectivity index (χ1) is 16.0. The molecule has 2 N–H and O–H groups in total. The van der Waals surface area contributed by atoms with Gasteiger partial charge < -0.3 is 20.1 Å². The van der Waals surface area contributed by atoms with E-state index in [0.29, 0.717) is 29.4 Å². The molecular weight excluding hydrogens is 447 g/mol.